The Balaban J connectivity index is 3.23. The first kappa shape index (κ1) is 29.1. The molecule has 0 aliphatic rings. The van der Waals surface area contributed by atoms with Crippen LogP contribution in [0.15, 0.2) is 12.2 Å². The van der Waals surface area contributed by atoms with Crippen LogP contribution < -0.4 is 5.32 Å². The molecule has 5 nitrogen and oxygen atoms in total. The molecule has 1 amide bonds. The SMILES string of the molecule is CCCCCCCCCC/C=C/CCCCCCCCCC(=O)NCCS(=O)(=O)O. The van der Waals surface area contributed by atoms with Gasteiger partial charge in [0.05, 0.1) is 5.75 Å². The summed E-state index contributed by atoms with van der Waals surface area (Å²) in [5.41, 5.74) is 0. The van der Waals surface area contributed by atoms with E-state index in [1.807, 2.05) is 0 Å². The Labute approximate surface area is 186 Å². The van der Waals surface area contributed by atoms with Gasteiger partial charge in [0.1, 0.15) is 0 Å². The highest BCUT2D eigenvalue weighted by atomic mass is 32.2. The lowest BCUT2D eigenvalue weighted by Crippen LogP contribution is -2.28. The molecule has 0 unspecified atom stereocenters. The zero-order chi connectivity index (χ0) is 22.3. The Morgan fingerprint density at radius 1 is 0.733 bits per heavy atom. The van der Waals surface area contributed by atoms with Gasteiger partial charge in [0.15, 0.2) is 0 Å². The Morgan fingerprint density at radius 2 is 1.17 bits per heavy atom. The van der Waals surface area contributed by atoms with E-state index in [2.05, 4.69) is 24.4 Å². The monoisotopic (exact) mass is 445 g/mol. The van der Waals surface area contributed by atoms with Crippen molar-refractivity contribution in [1.29, 1.82) is 0 Å². The van der Waals surface area contributed by atoms with Crippen molar-refractivity contribution in [3.63, 3.8) is 0 Å². The standard InChI is InChI=1S/C24H47NO4S/c1-2-3-4-5-6-7-8-9-10-11-12-13-14-15-16-17-18-19-20-21-24(26)25-22-23-30(27,28)29/h11-12H,2-10,13-23H2,1H3,(H,25,26)(H,27,28,29)/b12-11+. The number of rotatable bonds is 22. The summed E-state index contributed by atoms with van der Waals surface area (Å²) in [5.74, 6) is -0.565. The molecule has 0 aromatic rings. The van der Waals surface area contributed by atoms with Gasteiger partial charge in [-0.1, -0.05) is 96.1 Å². The molecule has 0 bridgehead atoms. The highest BCUT2D eigenvalue weighted by Crippen LogP contribution is 2.12. The van der Waals surface area contributed by atoms with Gasteiger partial charge in [0, 0.05) is 13.0 Å². The van der Waals surface area contributed by atoms with Gasteiger partial charge < -0.3 is 5.32 Å². The van der Waals surface area contributed by atoms with Gasteiger partial charge in [-0.05, 0) is 32.1 Å². The summed E-state index contributed by atoms with van der Waals surface area (Å²) in [4.78, 5) is 11.5. The first-order chi connectivity index (χ1) is 14.5. The second-order valence-corrected chi connectivity index (χ2v) is 9.96. The van der Waals surface area contributed by atoms with E-state index in [-0.39, 0.29) is 12.5 Å². The number of allylic oxidation sites excluding steroid dienone is 2. The molecule has 0 aromatic heterocycles. The first-order valence-corrected chi connectivity index (χ1v) is 13.9. The average molecular weight is 446 g/mol. The van der Waals surface area contributed by atoms with Crippen LogP contribution in [0.3, 0.4) is 0 Å². The minimum absolute atomic E-state index is 0.0226. The summed E-state index contributed by atoms with van der Waals surface area (Å²) in [7, 11) is -3.99. The lowest BCUT2D eigenvalue weighted by atomic mass is 10.1. The van der Waals surface area contributed by atoms with Crippen molar-refractivity contribution in [3.8, 4) is 0 Å². The number of nitrogens with one attached hydrogen (secondary N) is 1. The minimum atomic E-state index is -3.99. The summed E-state index contributed by atoms with van der Waals surface area (Å²) >= 11 is 0. The van der Waals surface area contributed by atoms with Crippen molar-refractivity contribution in [2.24, 2.45) is 0 Å². The van der Waals surface area contributed by atoms with Crippen LogP contribution in [-0.4, -0.2) is 31.2 Å². The molecular formula is C24H47NO4S. The molecule has 0 heterocycles. The second kappa shape index (κ2) is 21.4. The predicted octanol–water partition coefficient (Wildman–Crippen LogP) is 6.59. The van der Waals surface area contributed by atoms with Crippen LogP contribution >= 0.6 is 0 Å². The van der Waals surface area contributed by atoms with E-state index < -0.39 is 15.9 Å². The number of hydrogen-bond donors (Lipinski definition) is 2. The zero-order valence-electron chi connectivity index (χ0n) is 19.4. The van der Waals surface area contributed by atoms with Crippen LogP contribution in [0.2, 0.25) is 0 Å². The lowest BCUT2D eigenvalue weighted by molar-refractivity contribution is -0.121. The number of carbonyl (C=O) groups is 1. The van der Waals surface area contributed by atoms with Gasteiger partial charge in [0.2, 0.25) is 5.91 Å². The molecule has 0 rings (SSSR count). The molecule has 0 aliphatic heterocycles. The molecule has 0 atom stereocenters. The largest absolute Gasteiger partial charge is 0.355 e. The molecule has 0 aromatic carbocycles. The van der Waals surface area contributed by atoms with Crippen molar-refractivity contribution in [2.75, 3.05) is 12.3 Å². The zero-order valence-corrected chi connectivity index (χ0v) is 20.2. The molecule has 6 heteroatoms. The molecule has 2 N–H and O–H groups in total. The molecule has 0 radical (unpaired) electrons. The molecule has 0 spiro atoms. The van der Waals surface area contributed by atoms with Crippen LogP contribution in [0.25, 0.3) is 0 Å². The molecule has 0 saturated heterocycles. The maximum Gasteiger partial charge on any atom is 0.266 e. The van der Waals surface area contributed by atoms with E-state index in [0.717, 1.165) is 19.3 Å². The highest BCUT2D eigenvalue weighted by Gasteiger charge is 2.06. The van der Waals surface area contributed by atoms with Crippen molar-refractivity contribution in [1.82, 2.24) is 5.32 Å². The van der Waals surface area contributed by atoms with Crippen LogP contribution in [0.1, 0.15) is 122 Å². The van der Waals surface area contributed by atoms with Gasteiger partial charge in [-0.15, -0.1) is 0 Å². The Morgan fingerprint density at radius 3 is 1.63 bits per heavy atom. The van der Waals surface area contributed by atoms with E-state index in [9.17, 15) is 13.2 Å². The average Bonchev–Trinajstić information content (AvgIpc) is 2.68. The van der Waals surface area contributed by atoms with Crippen LogP contribution in [0.5, 0.6) is 0 Å². The third-order valence-electron chi connectivity index (χ3n) is 5.35. The van der Waals surface area contributed by atoms with Crippen LogP contribution in [0, 0.1) is 0 Å². The Hall–Kier alpha value is -0.880. The lowest BCUT2D eigenvalue weighted by Gasteiger charge is -2.04. The normalized spacial score (nSPS) is 11.9. The maximum atomic E-state index is 11.5. The number of amides is 1. The fourth-order valence-corrected chi connectivity index (χ4v) is 3.83. The number of carbonyl (C=O) groups excluding carboxylic acids is 1. The topological polar surface area (TPSA) is 83.5 Å². The van der Waals surface area contributed by atoms with Gasteiger partial charge in [-0.25, -0.2) is 0 Å². The maximum absolute atomic E-state index is 11.5. The Kier molecular flexibility index (Phi) is 20.7. The summed E-state index contributed by atoms with van der Waals surface area (Å²) < 4.78 is 29.7. The Bertz CT molecular complexity index is 517. The molecule has 30 heavy (non-hydrogen) atoms. The number of unbranched alkanes of at least 4 members (excludes halogenated alkanes) is 15. The summed E-state index contributed by atoms with van der Waals surface area (Å²) in [6.45, 7) is 2.24. The molecule has 178 valence electrons. The van der Waals surface area contributed by atoms with E-state index in [0.29, 0.717) is 6.42 Å². The molecule has 0 saturated carbocycles. The van der Waals surface area contributed by atoms with E-state index >= 15 is 0 Å². The second-order valence-electron chi connectivity index (χ2n) is 8.38. The number of hydrogen-bond acceptors (Lipinski definition) is 3. The van der Waals surface area contributed by atoms with Crippen LogP contribution in [0.4, 0.5) is 0 Å². The van der Waals surface area contributed by atoms with E-state index in [1.54, 1.807) is 0 Å². The van der Waals surface area contributed by atoms with Gasteiger partial charge in [-0.2, -0.15) is 8.42 Å². The first-order valence-electron chi connectivity index (χ1n) is 12.3. The van der Waals surface area contributed by atoms with Crippen molar-refractivity contribution >= 4 is 16.0 Å². The highest BCUT2D eigenvalue weighted by molar-refractivity contribution is 7.85. The van der Waals surface area contributed by atoms with Crippen LogP contribution in [-0.2, 0) is 14.9 Å². The van der Waals surface area contributed by atoms with Crippen molar-refractivity contribution < 1.29 is 17.8 Å². The summed E-state index contributed by atoms with van der Waals surface area (Å²) in [6.07, 6.45) is 26.7. The fourth-order valence-electron chi connectivity index (χ4n) is 3.47. The summed E-state index contributed by atoms with van der Waals surface area (Å²) in [6, 6.07) is 0. The molecular weight excluding hydrogens is 398 g/mol. The fraction of sp³-hybridized carbons (Fsp3) is 0.875. The van der Waals surface area contributed by atoms with Gasteiger partial charge >= 0.3 is 0 Å². The molecule has 0 fully saturated rings. The van der Waals surface area contributed by atoms with Gasteiger partial charge in [0.25, 0.3) is 10.1 Å². The van der Waals surface area contributed by atoms with E-state index in [1.165, 1.54) is 89.9 Å². The minimum Gasteiger partial charge on any atom is -0.355 e. The van der Waals surface area contributed by atoms with E-state index in [4.69, 9.17) is 4.55 Å². The van der Waals surface area contributed by atoms with Crippen molar-refractivity contribution in [3.05, 3.63) is 12.2 Å². The molecule has 0 aliphatic carbocycles. The van der Waals surface area contributed by atoms with Gasteiger partial charge in [-0.3, -0.25) is 9.35 Å². The third-order valence-corrected chi connectivity index (χ3v) is 6.07. The van der Waals surface area contributed by atoms with Crippen molar-refractivity contribution in [2.45, 2.75) is 122 Å². The smallest absolute Gasteiger partial charge is 0.266 e. The predicted molar refractivity (Wildman–Crippen MR) is 127 cm³/mol. The summed E-state index contributed by atoms with van der Waals surface area (Å²) in [5, 5.41) is 2.51. The third kappa shape index (κ3) is 25.2. The quantitative estimate of drug-likeness (QED) is 0.112.